The van der Waals surface area contributed by atoms with Crippen LogP contribution in [0.2, 0.25) is 0 Å². The van der Waals surface area contributed by atoms with Crippen LogP contribution in [-0.4, -0.2) is 22.8 Å². The number of hydrogen-bond donors (Lipinski definition) is 0. The van der Waals surface area contributed by atoms with Crippen LogP contribution in [0.4, 0.5) is 0 Å². The van der Waals surface area contributed by atoms with E-state index < -0.39 is 0 Å². The molecular formula is C16H19N3O. The molecule has 20 heavy (non-hydrogen) atoms. The summed E-state index contributed by atoms with van der Waals surface area (Å²) in [5, 5.41) is 8.99. The van der Waals surface area contributed by atoms with Crippen LogP contribution in [0.3, 0.4) is 0 Å². The summed E-state index contributed by atoms with van der Waals surface area (Å²) in [6.45, 7) is 3.64. The van der Waals surface area contributed by atoms with Crippen molar-refractivity contribution in [3.8, 4) is 6.07 Å². The summed E-state index contributed by atoms with van der Waals surface area (Å²) in [4.78, 5) is 4.71. The number of nitriles is 1. The van der Waals surface area contributed by atoms with Gasteiger partial charge in [-0.1, -0.05) is 6.92 Å². The van der Waals surface area contributed by atoms with E-state index in [1.54, 1.807) is 0 Å². The summed E-state index contributed by atoms with van der Waals surface area (Å²) < 4.78 is 7.92. The van der Waals surface area contributed by atoms with Crippen LogP contribution in [0.15, 0.2) is 18.2 Å². The predicted octanol–water partition coefficient (Wildman–Crippen LogP) is 3.21. The number of benzene rings is 1. The highest BCUT2D eigenvalue weighted by atomic mass is 16.5. The Balaban J connectivity index is 1.89. The van der Waals surface area contributed by atoms with Crippen molar-refractivity contribution in [2.24, 2.45) is 0 Å². The Kier molecular flexibility index (Phi) is 3.70. The number of ether oxygens (including phenoxy) is 1. The van der Waals surface area contributed by atoms with Crippen molar-refractivity contribution in [3.05, 3.63) is 29.6 Å². The average Bonchev–Trinajstić information content (AvgIpc) is 3.24. The van der Waals surface area contributed by atoms with Gasteiger partial charge in [0, 0.05) is 19.1 Å². The minimum Gasteiger partial charge on any atom is -0.381 e. The van der Waals surface area contributed by atoms with E-state index in [1.165, 1.54) is 12.8 Å². The van der Waals surface area contributed by atoms with Crippen LogP contribution < -0.4 is 0 Å². The molecule has 0 unspecified atom stereocenters. The predicted molar refractivity (Wildman–Crippen MR) is 77.5 cm³/mol. The number of fused-ring (bicyclic) bond motifs is 1. The van der Waals surface area contributed by atoms with E-state index in [-0.39, 0.29) is 0 Å². The molecule has 2 aromatic rings. The second-order valence-electron chi connectivity index (χ2n) is 5.31. The molecule has 4 heteroatoms. The molecule has 0 aliphatic heterocycles. The zero-order valence-electron chi connectivity index (χ0n) is 11.8. The summed E-state index contributed by atoms with van der Waals surface area (Å²) in [7, 11) is 0. The molecule has 0 radical (unpaired) electrons. The fourth-order valence-electron chi connectivity index (χ4n) is 2.54. The SMILES string of the molecule is CCCOCCc1nc2cc(C#N)ccc2n1C1CC1. The molecule has 1 fully saturated rings. The first-order valence-electron chi connectivity index (χ1n) is 7.32. The van der Waals surface area contributed by atoms with Crippen molar-refractivity contribution in [1.29, 1.82) is 5.26 Å². The molecule has 104 valence electrons. The van der Waals surface area contributed by atoms with Gasteiger partial charge >= 0.3 is 0 Å². The molecule has 1 aliphatic carbocycles. The first-order chi connectivity index (χ1) is 9.83. The molecule has 0 bridgehead atoms. The fraction of sp³-hybridized carbons (Fsp3) is 0.500. The average molecular weight is 269 g/mol. The van der Waals surface area contributed by atoms with Gasteiger partial charge in [-0.25, -0.2) is 4.98 Å². The summed E-state index contributed by atoms with van der Waals surface area (Å²) in [6, 6.07) is 8.55. The quantitative estimate of drug-likeness (QED) is 0.757. The maximum atomic E-state index is 8.99. The number of aromatic nitrogens is 2. The van der Waals surface area contributed by atoms with Crippen LogP contribution >= 0.6 is 0 Å². The normalized spacial score (nSPS) is 14.6. The lowest BCUT2D eigenvalue weighted by molar-refractivity contribution is 0.136. The lowest BCUT2D eigenvalue weighted by Crippen LogP contribution is -2.06. The van der Waals surface area contributed by atoms with Crippen molar-refractivity contribution < 1.29 is 4.74 Å². The molecular weight excluding hydrogens is 250 g/mol. The third-order valence-electron chi connectivity index (χ3n) is 3.62. The van der Waals surface area contributed by atoms with E-state index in [4.69, 9.17) is 15.0 Å². The van der Waals surface area contributed by atoms with Crippen LogP contribution in [0.5, 0.6) is 0 Å². The molecule has 0 spiro atoms. The second-order valence-corrected chi connectivity index (χ2v) is 5.31. The molecule has 1 aromatic carbocycles. The highest BCUT2D eigenvalue weighted by Gasteiger charge is 2.28. The maximum Gasteiger partial charge on any atom is 0.112 e. The number of nitrogens with zero attached hydrogens (tertiary/aromatic N) is 3. The van der Waals surface area contributed by atoms with Gasteiger partial charge in [0.15, 0.2) is 0 Å². The van der Waals surface area contributed by atoms with Gasteiger partial charge in [-0.3, -0.25) is 0 Å². The van der Waals surface area contributed by atoms with E-state index in [0.717, 1.165) is 42.9 Å². The molecule has 0 N–H and O–H groups in total. The fourth-order valence-corrected chi connectivity index (χ4v) is 2.54. The lowest BCUT2D eigenvalue weighted by Gasteiger charge is -2.07. The maximum absolute atomic E-state index is 8.99. The van der Waals surface area contributed by atoms with Gasteiger partial charge in [-0.05, 0) is 37.5 Å². The van der Waals surface area contributed by atoms with E-state index in [1.807, 2.05) is 18.2 Å². The summed E-state index contributed by atoms with van der Waals surface area (Å²) in [6.07, 6.45) is 4.35. The first kappa shape index (κ1) is 13.1. The minimum atomic E-state index is 0.592. The molecule has 0 saturated heterocycles. The minimum absolute atomic E-state index is 0.592. The molecule has 4 nitrogen and oxygen atoms in total. The molecule has 1 heterocycles. The number of rotatable bonds is 6. The summed E-state index contributed by atoms with van der Waals surface area (Å²) >= 11 is 0. The van der Waals surface area contributed by atoms with Crippen LogP contribution in [-0.2, 0) is 11.2 Å². The third-order valence-corrected chi connectivity index (χ3v) is 3.62. The van der Waals surface area contributed by atoms with Crippen molar-refractivity contribution in [3.63, 3.8) is 0 Å². The lowest BCUT2D eigenvalue weighted by atomic mass is 10.2. The zero-order valence-corrected chi connectivity index (χ0v) is 11.8. The van der Waals surface area contributed by atoms with Gasteiger partial charge in [-0.2, -0.15) is 5.26 Å². The standard InChI is InChI=1S/C16H19N3O/c1-2-8-20-9-7-16-18-14-10-12(11-17)3-6-15(14)19(16)13-4-5-13/h3,6,10,13H,2,4-5,7-9H2,1H3. The molecule has 0 amide bonds. The topological polar surface area (TPSA) is 50.8 Å². The van der Waals surface area contributed by atoms with Gasteiger partial charge < -0.3 is 9.30 Å². The Morgan fingerprint density at radius 3 is 2.95 bits per heavy atom. The Bertz CT molecular complexity index is 650. The highest BCUT2D eigenvalue weighted by molar-refractivity contribution is 5.78. The van der Waals surface area contributed by atoms with Gasteiger partial charge in [0.05, 0.1) is 29.3 Å². The van der Waals surface area contributed by atoms with Crippen LogP contribution in [0, 0.1) is 11.3 Å². The molecule has 0 atom stereocenters. The van der Waals surface area contributed by atoms with Crippen molar-refractivity contribution in [2.75, 3.05) is 13.2 Å². The molecule has 1 aromatic heterocycles. The molecule has 1 saturated carbocycles. The summed E-state index contributed by atoms with van der Waals surface area (Å²) in [5.41, 5.74) is 2.75. The smallest absolute Gasteiger partial charge is 0.112 e. The third kappa shape index (κ3) is 2.54. The van der Waals surface area contributed by atoms with Crippen molar-refractivity contribution in [2.45, 2.75) is 38.6 Å². The summed E-state index contributed by atoms with van der Waals surface area (Å²) in [5.74, 6) is 1.09. The monoisotopic (exact) mass is 269 g/mol. The molecule has 1 aliphatic rings. The van der Waals surface area contributed by atoms with Crippen molar-refractivity contribution >= 4 is 11.0 Å². The number of hydrogen-bond acceptors (Lipinski definition) is 3. The van der Waals surface area contributed by atoms with Crippen LogP contribution in [0.1, 0.15) is 43.6 Å². The Labute approximate surface area is 119 Å². The van der Waals surface area contributed by atoms with Gasteiger partial charge in [0.2, 0.25) is 0 Å². The van der Waals surface area contributed by atoms with E-state index in [9.17, 15) is 0 Å². The van der Waals surface area contributed by atoms with Gasteiger partial charge in [-0.15, -0.1) is 0 Å². The second kappa shape index (κ2) is 5.64. The Morgan fingerprint density at radius 2 is 2.25 bits per heavy atom. The van der Waals surface area contributed by atoms with Crippen molar-refractivity contribution in [1.82, 2.24) is 9.55 Å². The Hall–Kier alpha value is -1.86. The largest absolute Gasteiger partial charge is 0.381 e. The highest BCUT2D eigenvalue weighted by Crippen LogP contribution is 2.38. The molecule has 3 rings (SSSR count). The van der Waals surface area contributed by atoms with E-state index in [2.05, 4.69) is 17.6 Å². The van der Waals surface area contributed by atoms with E-state index in [0.29, 0.717) is 11.6 Å². The number of imidazole rings is 1. The van der Waals surface area contributed by atoms with Gasteiger partial charge in [0.25, 0.3) is 0 Å². The Morgan fingerprint density at radius 1 is 1.40 bits per heavy atom. The first-order valence-corrected chi connectivity index (χ1v) is 7.32. The van der Waals surface area contributed by atoms with Crippen LogP contribution in [0.25, 0.3) is 11.0 Å². The van der Waals surface area contributed by atoms with E-state index >= 15 is 0 Å². The zero-order chi connectivity index (χ0) is 13.9. The van der Waals surface area contributed by atoms with Gasteiger partial charge in [0.1, 0.15) is 5.82 Å².